The van der Waals surface area contributed by atoms with Gasteiger partial charge in [-0.05, 0) is 46.7 Å². The number of thiophene rings is 1. The Labute approximate surface area is 126 Å². The lowest BCUT2D eigenvalue weighted by Gasteiger charge is -2.04. The highest BCUT2D eigenvalue weighted by Gasteiger charge is 2.07. The van der Waals surface area contributed by atoms with Gasteiger partial charge in [-0.1, -0.05) is 29.8 Å². The van der Waals surface area contributed by atoms with Crippen molar-refractivity contribution in [2.45, 2.75) is 6.54 Å². The minimum atomic E-state index is -0.0862. The molecule has 1 amide bonds. The SMILES string of the molecule is O=C(NCc1csc2ccccc12)c1ccc(Cl)cc1. The fourth-order valence-corrected chi connectivity index (χ4v) is 3.14. The van der Waals surface area contributed by atoms with Gasteiger partial charge in [0.15, 0.2) is 0 Å². The number of halogens is 1. The zero-order chi connectivity index (χ0) is 13.9. The second-order valence-electron chi connectivity index (χ2n) is 4.45. The van der Waals surface area contributed by atoms with E-state index in [1.165, 1.54) is 10.1 Å². The molecule has 0 spiro atoms. The molecule has 0 fully saturated rings. The van der Waals surface area contributed by atoms with E-state index >= 15 is 0 Å². The predicted octanol–water partition coefficient (Wildman–Crippen LogP) is 4.48. The van der Waals surface area contributed by atoms with Crippen LogP contribution in [0.15, 0.2) is 53.9 Å². The summed E-state index contributed by atoms with van der Waals surface area (Å²) in [6.45, 7) is 0.533. The Morgan fingerprint density at radius 2 is 1.85 bits per heavy atom. The van der Waals surface area contributed by atoms with Gasteiger partial charge in [-0.15, -0.1) is 11.3 Å². The van der Waals surface area contributed by atoms with E-state index in [9.17, 15) is 4.79 Å². The van der Waals surface area contributed by atoms with Gasteiger partial charge in [-0.25, -0.2) is 0 Å². The van der Waals surface area contributed by atoms with E-state index in [-0.39, 0.29) is 5.91 Å². The topological polar surface area (TPSA) is 29.1 Å². The van der Waals surface area contributed by atoms with Crippen molar-refractivity contribution in [3.63, 3.8) is 0 Å². The number of hydrogen-bond donors (Lipinski definition) is 1. The fourth-order valence-electron chi connectivity index (χ4n) is 2.05. The van der Waals surface area contributed by atoms with Crippen LogP contribution in [-0.2, 0) is 6.54 Å². The van der Waals surface area contributed by atoms with E-state index in [1.807, 2.05) is 12.1 Å². The van der Waals surface area contributed by atoms with Crippen LogP contribution in [0, 0.1) is 0 Å². The Kier molecular flexibility index (Phi) is 3.72. The van der Waals surface area contributed by atoms with E-state index in [0.29, 0.717) is 17.1 Å². The Hall–Kier alpha value is -1.84. The molecule has 0 bridgehead atoms. The first kappa shape index (κ1) is 13.2. The van der Waals surface area contributed by atoms with E-state index in [1.54, 1.807) is 35.6 Å². The van der Waals surface area contributed by atoms with Crippen LogP contribution in [0.5, 0.6) is 0 Å². The van der Waals surface area contributed by atoms with Crippen molar-refractivity contribution >= 4 is 38.9 Å². The number of fused-ring (bicyclic) bond motifs is 1. The molecule has 0 aliphatic rings. The van der Waals surface area contributed by atoms with Crippen LogP contribution in [0.25, 0.3) is 10.1 Å². The number of benzene rings is 2. The Morgan fingerprint density at radius 1 is 1.10 bits per heavy atom. The smallest absolute Gasteiger partial charge is 0.251 e. The molecule has 0 saturated carbocycles. The monoisotopic (exact) mass is 301 g/mol. The van der Waals surface area contributed by atoms with Crippen molar-refractivity contribution < 1.29 is 4.79 Å². The van der Waals surface area contributed by atoms with Gasteiger partial charge in [0.2, 0.25) is 0 Å². The summed E-state index contributed by atoms with van der Waals surface area (Å²) in [6, 6.07) is 15.1. The maximum absolute atomic E-state index is 12.0. The molecule has 3 aromatic rings. The standard InChI is InChI=1S/C16H12ClNOS/c17-13-7-5-11(6-8-13)16(19)18-9-12-10-20-15-4-2-1-3-14(12)15/h1-8,10H,9H2,(H,18,19). The van der Waals surface area contributed by atoms with Crippen LogP contribution in [0.4, 0.5) is 0 Å². The molecule has 1 aromatic heterocycles. The maximum Gasteiger partial charge on any atom is 0.251 e. The first-order valence-electron chi connectivity index (χ1n) is 6.23. The minimum Gasteiger partial charge on any atom is -0.348 e. The molecule has 1 heterocycles. The summed E-state index contributed by atoms with van der Waals surface area (Å²) in [5.74, 6) is -0.0862. The number of rotatable bonds is 3. The molecule has 0 atom stereocenters. The van der Waals surface area contributed by atoms with Crippen molar-refractivity contribution in [3.05, 3.63) is 70.1 Å². The van der Waals surface area contributed by atoms with E-state index < -0.39 is 0 Å². The molecule has 0 unspecified atom stereocenters. The van der Waals surface area contributed by atoms with Crippen LogP contribution >= 0.6 is 22.9 Å². The molecule has 100 valence electrons. The highest BCUT2D eigenvalue weighted by Crippen LogP contribution is 2.25. The van der Waals surface area contributed by atoms with Crippen molar-refractivity contribution in [1.29, 1.82) is 0 Å². The largest absolute Gasteiger partial charge is 0.348 e. The van der Waals surface area contributed by atoms with Crippen molar-refractivity contribution in [2.75, 3.05) is 0 Å². The van der Waals surface area contributed by atoms with Gasteiger partial charge in [0.05, 0.1) is 0 Å². The number of amides is 1. The van der Waals surface area contributed by atoms with E-state index in [0.717, 1.165) is 5.56 Å². The molecule has 20 heavy (non-hydrogen) atoms. The summed E-state index contributed by atoms with van der Waals surface area (Å²) >= 11 is 7.50. The molecule has 2 aromatic carbocycles. The summed E-state index contributed by atoms with van der Waals surface area (Å²) < 4.78 is 1.24. The van der Waals surface area contributed by atoms with Crippen molar-refractivity contribution in [1.82, 2.24) is 5.32 Å². The number of carbonyl (C=O) groups is 1. The van der Waals surface area contributed by atoms with Gasteiger partial charge in [0.1, 0.15) is 0 Å². The lowest BCUT2D eigenvalue weighted by Crippen LogP contribution is -2.22. The average molecular weight is 302 g/mol. The highest BCUT2D eigenvalue weighted by molar-refractivity contribution is 7.17. The van der Waals surface area contributed by atoms with Gasteiger partial charge in [-0.3, -0.25) is 4.79 Å². The van der Waals surface area contributed by atoms with Gasteiger partial charge in [0.25, 0.3) is 5.91 Å². The lowest BCUT2D eigenvalue weighted by atomic mass is 10.1. The zero-order valence-corrected chi connectivity index (χ0v) is 12.2. The molecule has 1 N–H and O–H groups in total. The minimum absolute atomic E-state index is 0.0862. The molecule has 4 heteroatoms. The molecule has 0 saturated heterocycles. The summed E-state index contributed by atoms with van der Waals surface area (Å²) in [7, 11) is 0. The zero-order valence-electron chi connectivity index (χ0n) is 10.6. The Balaban J connectivity index is 1.73. The van der Waals surface area contributed by atoms with Gasteiger partial charge in [0, 0.05) is 21.8 Å². The fraction of sp³-hybridized carbons (Fsp3) is 0.0625. The quantitative estimate of drug-likeness (QED) is 0.759. The normalized spacial score (nSPS) is 10.7. The third kappa shape index (κ3) is 2.69. The third-order valence-corrected chi connectivity index (χ3v) is 4.37. The van der Waals surface area contributed by atoms with Crippen LogP contribution < -0.4 is 5.32 Å². The molecular formula is C16H12ClNOS. The van der Waals surface area contributed by atoms with Gasteiger partial charge < -0.3 is 5.32 Å². The highest BCUT2D eigenvalue weighted by atomic mass is 35.5. The average Bonchev–Trinajstić information content (AvgIpc) is 2.89. The van der Waals surface area contributed by atoms with Crippen molar-refractivity contribution in [3.8, 4) is 0 Å². The Morgan fingerprint density at radius 3 is 2.65 bits per heavy atom. The number of nitrogens with one attached hydrogen (secondary N) is 1. The van der Waals surface area contributed by atoms with Crippen molar-refractivity contribution in [2.24, 2.45) is 0 Å². The Bertz CT molecular complexity index is 749. The molecular weight excluding hydrogens is 290 g/mol. The maximum atomic E-state index is 12.0. The van der Waals surface area contributed by atoms with Crippen LogP contribution in [0.1, 0.15) is 15.9 Å². The molecule has 3 rings (SSSR count). The van der Waals surface area contributed by atoms with E-state index in [2.05, 4.69) is 22.8 Å². The lowest BCUT2D eigenvalue weighted by molar-refractivity contribution is 0.0951. The van der Waals surface area contributed by atoms with Crippen LogP contribution in [0.2, 0.25) is 5.02 Å². The molecule has 0 aliphatic carbocycles. The summed E-state index contributed by atoms with van der Waals surface area (Å²) in [4.78, 5) is 12.0. The molecule has 0 aliphatic heterocycles. The predicted molar refractivity (Wildman–Crippen MR) is 84.4 cm³/mol. The summed E-state index contributed by atoms with van der Waals surface area (Å²) in [5, 5.41) is 6.86. The van der Waals surface area contributed by atoms with Crippen LogP contribution in [0.3, 0.4) is 0 Å². The van der Waals surface area contributed by atoms with Crippen LogP contribution in [-0.4, -0.2) is 5.91 Å². The second-order valence-corrected chi connectivity index (χ2v) is 5.79. The van der Waals surface area contributed by atoms with Gasteiger partial charge in [-0.2, -0.15) is 0 Å². The third-order valence-electron chi connectivity index (χ3n) is 3.11. The molecule has 2 nitrogen and oxygen atoms in total. The molecule has 0 radical (unpaired) electrons. The number of hydrogen-bond acceptors (Lipinski definition) is 2. The first-order valence-corrected chi connectivity index (χ1v) is 7.49. The number of carbonyl (C=O) groups excluding carboxylic acids is 1. The first-order chi connectivity index (χ1) is 9.74. The van der Waals surface area contributed by atoms with Gasteiger partial charge >= 0.3 is 0 Å². The second kappa shape index (κ2) is 5.65. The summed E-state index contributed by atoms with van der Waals surface area (Å²) in [6.07, 6.45) is 0. The summed E-state index contributed by atoms with van der Waals surface area (Å²) in [5.41, 5.74) is 1.77. The van der Waals surface area contributed by atoms with E-state index in [4.69, 9.17) is 11.6 Å².